The number of hydrogen-bond acceptors (Lipinski definition) is 6. The predicted molar refractivity (Wildman–Crippen MR) is 105 cm³/mol. The fraction of sp³-hybridized carbons (Fsp3) is 0.318. The number of nitrogens with zero attached hydrogens (tertiary/aromatic N) is 2. The number of carbonyl (C=O) groups is 1. The highest BCUT2D eigenvalue weighted by atomic mass is 16.6. The minimum Gasteiger partial charge on any atom is -0.493 e. The lowest BCUT2D eigenvalue weighted by Crippen LogP contribution is -2.13. The Hall–Kier alpha value is -3.15. The van der Waals surface area contributed by atoms with Crippen molar-refractivity contribution in [1.29, 1.82) is 0 Å². The van der Waals surface area contributed by atoms with Crippen LogP contribution in [0.1, 0.15) is 42.0 Å². The summed E-state index contributed by atoms with van der Waals surface area (Å²) >= 11 is 0. The summed E-state index contributed by atoms with van der Waals surface area (Å²) in [7, 11) is 0. The topological polar surface area (TPSA) is 74.5 Å². The molecule has 0 saturated carbocycles. The third-order valence-electron chi connectivity index (χ3n) is 4.30. The first-order chi connectivity index (χ1) is 13.4. The van der Waals surface area contributed by atoms with Gasteiger partial charge in [0, 0.05) is 5.56 Å². The first kappa shape index (κ1) is 19.6. The fourth-order valence-electron chi connectivity index (χ4n) is 2.63. The van der Waals surface area contributed by atoms with Gasteiger partial charge in [-0.15, -0.1) is 10.2 Å². The molecular weight excluding hydrogens is 356 g/mol. The van der Waals surface area contributed by atoms with Crippen LogP contribution in [0.5, 0.6) is 5.75 Å². The van der Waals surface area contributed by atoms with Crippen molar-refractivity contribution in [2.24, 2.45) is 0 Å². The predicted octanol–water partition coefficient (Wildman–Crippen LogP) is 4.74. The summed E-state index contributed by atoms with van der Waals surface area (Å²) in [5.41, 5.74) is 4.11. The van der Waals surface area contributed by atoms with Gasteiger partial charge in [-0.3, -0.25) is 4.79 Å². The van der Waals surface area contributed by atoms with Crippen molar-refractivity contribution in [2.45, 2.75) is 40.2 Å². The Kier molecular flexibility index (Phi) is 6.09. The fourth-order valence-corrected chi connectivity index (χ4v) is 2.63. The van der Waals surface area contributed by atoms with E-state index in [9.17, 15) is 4.79 Å². The normalized spacial score (nSPS) is 11.9. The van der Waals surface area contributed by atoms with Gasteiger partial charge < -0.3 is 13.9 Å². The second-order valence-corrected chi connectivity index (χ2v) is 6.81. The van der Waals surface area contributed by atoms with E-state index in [2.05, 4.69) is 10.2 Å². The molecule has 0 bridgehead atoms. The maximum absolute atomic E-state index is 12.1. The van der Waals surface area contributed by atoms with Gasteiger partial charge in [-0.2, -0.15) is 0 Å². The number of ether oxygens (including phenoxy) is 2. The van der Waals surface area contributed by atoms with Gasteiger partial charge in [0.25, 0.3) is 5.89 Å². The number of aryl methyl sites for hydroxylation is 3. The average molecular weight is 380 g/mol. The lowest BCUT2D eigenvalue weighted by atomic mass is 10.1. The van der Waals surface area contributed by atoms with E-state index in [1.165, 1.54) is 0 Å². The average Bonchev–Trinajstić information content (AvgIpc) is 3.15. The Bertz CT molecular complexity index is 947. The first-order valence-electron chi connectivity index (χ1n) is 9.22. The van der Waals surface area contributed by atoms with E-state index in [1.807, 2.05) is 63.2 Å². The minimum atomic E-state index is -0.625. The van der Waals surface area contributed by atoms with Crippen LogP contribution in [0.2, 0.25) is 0 Å². The summed E-state index contributed by atoms with van der Waals surface area (Å²) in [6.45, 7) is 7.92. The molecule has 0 aliphatic heterocycles. The SMILES string of the molecule is Cc1ccc(-c2nnc(C(C)OC(=O)CCOc3cc(C)ccc3C)o2)cc1. The van der Waals surface area contributed by atoms with Crippen molar-refractivity contribution >= 4 is 5.97 Å². The maximum atomic E-state index is 12.1. The Morgan fingerprint density at radius 2 is 1.75 bits per heavy atom. The van der Waals surface area contributed by atoms with Crippen molar-refractivity contribution in [3.8, 4) is 17.2 Å². The molecule has 0 fully saturated rings. The van der Waals surface area contributed by atoms with Crippen molar-refractivity contribution in [3.05, 3.63) is 65.0 Å². The molecule has 6 heteroatoms. The van der Waals surface area contributed by atoms with Gasteiger partial charge >= 0.3 is 5.97 Å². The van der Waals surface area contributed by atoms with E-state index in [-0.39, 0.29) is 24.9 Å². The number of hydrogen-bond donors (Lipinski definition) is 0. The molecule has 1 aromatic heterocycles. The summed E-state index contributed by atoms with van der Waals surface area (Å²) in [4.78, 5) is 12.1. The highest BCUT2D eigenvalue weighted by Crippen LogP contribution is 2.23. The quantitative estimate of drug-likeness (QED) is 0.551. The van der Waals surface area contributed by atoms with E-state index >= 15 is 0 Å². The van der Waals surface area contributed by atoms with E-state index in [4.69, 9.17) is 13.9 Å². The first-order valence-corrected chi connectivity index (χ1v) is 9.22. The van der Waals surface area contributed by atoms with Gasteiger partial charge in [0.1, 0.15) is 5.75 Å². The summed E-state index contributed by atoms with van der Waals surface area (Å²) < 4.78 is 16.7. The molecule has 0 aliphatic carbocycles. The van der Waals surface area contributed by atoms with Gasteiger partial charge in [0.05, 0.1) is 13.0 Å². The Labute approximate surface area is 164 Å². The zero-order valence-electron chi connectivity index (χ0n) is 16.6. The van der Waals surface area contributed by atoms with Crippen LogP contribution in [0.3, 0.4) is 0 Å². The molecule has 0 amide bonds. The lowest BCUT2D eigenvalue weighted by Gasteiger charge is -2.11. The van der Waals surface area contributed by atoms with E-state index in [1.54, 1.807) is 6.92 Å². The zero-order chi connectivity index (χ0) is 20.1. The highest BCUT2D eigenvalue weighted by molar-refractivity contribution is 5.69. The standard InChI is InChI=1S/C22H24N2O4/c1-14-6-9-18(10-7-14)22-24-23-21(28-22)17(4)27-20(25)11-12-26-19-13-15(2)5-8-16(19)3/h5-10,13,17H,11-12H2,1-4H3. The molecular formula is C22H24N2O4. The molecule has 0 radical (unpaired) electrons. The number of carbonyl (C=O) groups excluding carboxylic acids is 1. The van der Waals surface area contributed by atoms with Gasteiger partial charge in [-0.05, 0) is 57.0 Å². The third-order valence-corrected chi connectivity index (χ3v) is 4.30. The third kappa shape index (κ3) is 4.97. The van der Waals surface area contributed by atoms with Crippen LogP contribution < -0.4 is 4.74 Å². The van der Waals surface area contributed by atoms with Crippen molar-refractivity contribution in [1.82, 2.24) is 10.2 Å². The van der Waals surface area contributed by atoms with Crippen LogP contribution >= 0.6 is 0 Å². The molecule has 1 heterocycles. The molecule has 2 aromatic carbocycles. The number of esters is 1. The molecule has 0 spiro atoms. The summed E-state index contributed by atoms with van der Waals surface area (Å²) in [6, 6.07) is 13.7. The Morgan fingerprint density at radius 1 is 1.04 bits per heavy atom. The smallest absolute Gasteiger partial charge is 0.310 e. The summed E-state index contributed by atoms with van der Waals surface area (Å²) in [5, 5.41) is 8.02. The number of aromatic nitrogens is 2. The lowest BCUT2D eigenvalue weighted by molar-refractivity contribution is -0.150. The number of benzene rings is 2. The largest absolute Gasteiger partial charge is 0.493 e. The second kappa shape index (κ2) is 8.69. The summed E-state index contributed by atoms with van der Waals surface area (Å²) in [6.07, 6.45) is -0.489. The maximum Gasteiger partial charge on any atom is 0.310 e. The van der Waals surface area contributed by atoms with E-state index in [0.717, 1.165) is 28.0 Å². The molecule has 0 N–H and O–H groups in total. The molecule has 3 aromatic rings. The molecule has 146 valence electrons. The van der Waals surface area contributed by atoms with Crippen molar-refractivity contribution in [2.75, 3.05) is 6.61 Å². The second-order valence-electron chi connectivity index (χ2n) is 6.81. The van der Waals surface area contributed by atoms with Gasteiger partial charge in [-0.25, -0.2) is 0 Å². The van der Waals surface area contributed by atoms with Crippen molar-refractivity contribution in [3.63, 3.8) is 0 Å². The van der Waals surface area contributed by atoms with E-state index < -0.39 is 6.10 Å². The molecule has 28 heavy (non-hydrogen) atoms. The van der Waals surface area contributed by atoms with Crippen LogP contribution in [-0.2, 0) is 9.53 Å². The minimum absolute atomic E-state index is 0.136. The van der Waals surface area contributed by atoms with Crippen molar-refractivity contribution < 1.29 is 18.7 Å². The molecule has 3 rings (SSSR count). The van der Waals surface area contributed by atoms with Crippen LogP contribution in [0.15, 0.2) is 46.9 Å². The van der Waals surface area contributed by atoms with Crippen LogP contribution in [0.25, 0.3) is 11.5 Å². The molecule has 1 unspecified atom stereocenters. The van der Waals surface area contributed by atoms with Gasteiger partial charge in [-0.1, -0.05) is 29.8 Å². The molecule has 0 saturated heterocycles. The van der Waals surface area contributed by atoms with E-state index in [0.29, 0.717) is 5.89 Å². The van der Waals surface area contributed by atoms with Crippen LogP contribution in [0.4, 0.5) is 0 Å². The Balaban J connectivity index is 1.51. The van der Waals surface area contributed by atoms with Gasteiger partial charge in [0.2, 0.25) is 5.89 Å². The molecule has 1 atom stereocenters. The van der Waals surface area contributed by atoms with Gasteiger partial charge in [0.15, 0.2) is 6.10 Å². The zero-order valence-corrected chi connectivity index (χ0v) is 16.6. The van der Waals surface area contributed by atoms with Crippen LogP contribution in [0, 0.1) is 20.8 Å². The van der Waals surface area contributed by atoms with Crippen LogP contribution in [-0.4, -0.2) is 22.8 Å². The highest BCUT2D eigenvalue weighted by Gasteiger charge is 2.19. The molecule has 6 nitrogen and oxygen atoms in total. The molecule has 0 aliphatic rings. The monoisotopic (exact) mass is 380 g/mol. The summed E-state index contributed by atoms with van der Waals surface area (Å²) in [5.74, 6) is 1.06. The number of rotatable bonds is 7. The Morgan fingerprint density at radius 3 is 2.50 bits per heavy atom.